The Bertz CT molecular complexity index is 404. The minimum Gasteiger partial charge on any atom is -0.368 e. The van der Waals surface area contributed by atoms with Crippen molar-refractivity contribution in [2.75, 3.05) is 25.0 Å². The molecule has 0 spiro atoms. The Morgan fingerprint density at radius 1 is 1.71 bits per heavy atom. The molecule has 1 atom stereocenters. The Morgan fingerprint density at radius 2 is 2.53 bits per heavy atom. The fourth-order valence-corrected chi connectivity index (χ4v) is 2.16. The average molecular weight is 231 g/mol. The summed E-state index contributed by atoms with van der Waals surface area (Å²) in [5, 5.41) is 0. The Balaban J connectivity index is 2.01. The number of carbonyl (C=O) groups is 1. The molecule has 4 nitrogen and oxygen atoms in total. The third-order valence-electron chi connectivity index (χ3n) is 3.24. The van der Waals surface area contributed by atoms with E-state index in [1.54, 1.807) is 11.1 Å². The van der Waals surface area contributed by atoms with Crippen LogP contribution < -0.4 is 4.90 Å². The molecule has 90 valence electrons. The van der Waals surface area contributed by atoms with Gasteiger partial charge in [-0.3, -0.25) is 9.78 Å². The molecule has 0 aliphatic carbocycles. The van der Waals surface area contributed by atoms with Gasteiger partial charge in [0.15, 0.2) is 0 Å². The largest absolute Gasteiger partial charge is 0.368 e. The van der Waals surface area contributed by atoms with Crippen LogP contribution in [-0.4, -0.2) is 42.0 Å². The van der Waals surface area contributed by atoms with Gasteiger partial charge in [-0.15, -0.1) is 0 Å². The van der Waals surface area contributed by atoms with E-state index in [1.165, 1.54) is 6.08 Å². The highest BCUT2D eigenvalue weighted by Gasteiger charge is 2.27. The number of rotatable bonds is 3. The van der Waals surface area contributed by atoms with E-state index in [4.69, 9.17) is 0 Å². The molecule has 1 amide bonds. The van der Waals surface area contributed by atoms with Gasteiger partial charge in [-0.1, -0.05) is 6.58 Å². The van der Waals surface area contributed by atoms with Crippen LogP contribution in [0.2, 0.25) is 0 Å². The molecule has 0 N–H and O–H groups in total. The standard InChI is InChI=1S/C13H17N3O/c1-3-13(17)15(2)12-6-8-16(10-12)11-5-4-7-14-9-11/h3-5,7,9,12H,1,6,8,10H2,2H3. The van der Waals surface area contributed by atoms with Crippen LogP contribution >= 0.6 is 0 Å². The van der Waals surface area contributed by atoms with Crippen LogP contribution in [0.5, 0.6) is 0 Å². The van der Waals surface area contributed by atoms with Gasteiger partial charge in [-0.25, -0.2) is 0 Å². The first-order valence-corrected chi connectivity index (χ1v) is 5.76. The van der Waals surface area contributed by atoms with Crippen LogP contribution in [0.1, 0.15) is 6.42 Å². The van der Waals surface area contributed by atoms with E-state index in [0.29, 0.717) is 0 Å². The van der Waals surface area contributed by atoms with Gasteiger partial charge in [0.25, 0.3) is 0 Å². The predicted octanol–water partition coefficient (Wildman–Crippen LogP) is 1.30. The molecule has 2 heterocycles. The minimum absolute atomic E-state index is 0.0111. The number of anilines is 1. The van der Waals surface area contributed by atoms with Crippen LogP contribution in [0.25, 0.3) is 0 Å². The van der Waals surface area contributed by atoms with E-state index in [1.807, 2.05) is 25.4 Å². The van der Waals surface area contributed by atoms with Crippen molar-refractivity contribution >= 4 is 11.6 Å². The first kappa shape index (κ1) is 11.6. The quantitative estimate of drug-likeness (QED) is 0.736. The number of likely N-dealkylation sites (N-methyl/N-ethyl adjacent to an activating group) is 1. The molecule has 1 fully saturated rings. The summed E-state index contributed by atoms with van der Waals surface area (Å²) in [5.74, 6) is -0.0111. The first-order valence-electron chi connectivity index (χ1n) is 5.76. The molecule has 1 aromatic heterocycles. The number of nitrogens with zero attached hydrogens (tertiary/aromatic N) is 3. The highest BCUT2D eigenvalue weighted by molar-refractivity contribution is 5.87. The van der Waals surface area contributed by atoms with Gasteiger partial charge in [-0.2, -0.15) is 0 Å². The summed E-state index contributed by atoms with van der Waals surface area (Å²) < 4.78 is 0. The van der Waals surface area contributed by atoms with Crippen molar-refractivity contribution in [2.45, 2.75) is 12.5 Å². The Kier molecular flexibility index (Phi) is 3.42. The summed E-state index contributed by atoms with van der Waals surface area (Å²) in [7, 11) is 1.83. The molecule has 0 radical (unpaired) electrons. The number of hydrogen-bond acceptors (Lipinski definition) is 3. The maximum Gasteiger partial charge on any atom is 0.246 e. The fraction of sp³-hybridized carbons (Fsp3) is 0.385. The van der Waals surface area contributed by atoms with Gasteiger partial charge in [0, 0.05) is 26.3 Å². The number of carbonyl (C=O) groups excluding carboxylic acids is 1. The Hall–Kier alpha value is -1.84. The van der Waals surface area contributed by atoms with E-state index in [9.17, 15) is 4.79 Å². The lowest BCUT2D eigenvalue weighted by Crippen LogP contribution is -2.38. The third kappa shape index (κ3) is 2.46. The molecular weight excluding hydrogens is 214 g/mol. The Labute approximate surface area is 102 Å². The summed E-state index contributed by atoms with van der Waals surface area (Å²) in [4.78, 5) is 19.7. The van der Waals surface area contributed by atoms with Gasteiger partial charge in [0.05, 0.1) is 17.9 Å². The zero-order valence-corrected chi connectivity index (χ0v) is 10.0. The molecule has 0 saturated carbocycles. The smallest absolute Gasteiger partial charge is 0.246 e. The lowest BCUT2D eigenvalue weighted by atomic mass is 10.2. The lowest BCUT2D eigenvalue weighted by molar-refractivity contribution is -0.126. The summed E-state index contributed by atoms with van der Waals surface area (Å²) in [5.41, 5.74) is 1.12. The molecule has 1 saturated heterocycles. The van der Waals surface area contributed by atoms with Gasteiger partial charge < -0.3 is 9.80 Å². The monoisotopic (exact) mass is 231 g/mol. The van der Waals surface area contributed by atoms with Crippen LogP contribution in [-0.2, 0) is 4.79 Å². The summed E-state index contributed by atoms with van der Waals surface area (Å²) in [6.07, 6.45) is 5.99. The number of pyridine rings is 1. The zero-order valence-electron chi connectivity index (χ0n) is 10.0. The van der Waals surface area contributed by atoms with Gasteiger partial charge in [0.2, 0.25) is 5.91 Å². The zero-order chi connectivity index (χ0) is 12.3. The van der Waals surface area contributed by atoms with Crippen molar-refractivity contribution in [3.63, 3.8) is 0 Å². The molecule has 4 heteroatoms. The van der Waals surface area contributed by atoms with Crippen LogP contribution in [0, 0.1) is 0 Å². The Morgan fingerprint density at radius 3 is 3.18 bits per heavy atom. The maximum absolute atomic E-state index is 11.5. The molecule has 1 unspecified atom stereocenters. The highest BCUT2D eigenvalue weighted by atomic mass is 16.2. The van der Waals surface area contributed by atoms with Crippen LogP contribution in [0.4, 0.5) is 5.69 Å². The van der Waals surface area contributed by atoms with E-state index < -0.39 is 0 Å². The molecule has 0 bridgehead atoms. The number of amides is 1. The second kappa shape index (κ2) is 4.99. The second-order valence-electron chi connectivity index (χ2n) is 4.25. The fourth-order valence-electron chi connectivity index (χ4n) is 2.16. The van der Waals surface area contributed by atoms with Crippen molar-refractivity contribution in [1.82, 2.24) is 9.88 Å². The normalized spacial score (nSPS) is 19.1. The highest BCUT2D eigenvalue weighted by Crippen LogP contribution is 2.21. The van der Waals surface area contributed by atoms with Gasteiger partial charge >= 0.3 is 0 Å². The SMILES string of the molecule is C=CC(=O)N(C)C1CCN(c2cccnc2)C1. The first-order chi connectivity index (χ1) is 8.22. The third-order valence-corrected chi connectivity index (χ3v) is 3.24. The van der Waals surface area contributed by atoms with Crippen molar-refractivity contribution in [3.05, 3.63) is 37.2 Å². The van der Waals surface area contributed by atoms with Crippen LogP contribution in [0.3, 0.4) is 0 Å². The second-order valence-corrected chi connectivity index (χ2v) is 4.25. The summed E-state index contributed by atoms with van der Waals surface area (Å²) in [6.45, 7) is 5.34. The lowest BCUT2D eigenvalue weighted by Gasteiger charge is -2.24. The van der Waals surface area contributed by atoms with Crippen molar-refractivity contribution in [2.24, 2.45) is 0 Å². The predicted molar refractivity (Wildman–Crippen MR) is 67.8 cm³/mol. The maximum atomic E-state index is 11.5. The van der Waals surface area contributed by atoms with E-state index in [0.717, 1.165) is 25.2 Å². The topological polar surface area (TPSA) is 36.4 Å². The van der Waals surface area contributed by atoms with E-state index >= 15 is 0 Å². The molecule has 2 rings (SSSR count). The van der Waals surface area contributed by atoms with Crippen LogP contribution in [0.15, 0.2) is 37.2 Å². The molecule has 1 aliphatic heterocycles. The van der Waals surface area contributed by atoms with Crippen molar-refractivity contribution < 1.29 is 4.79 Å². The number of aromatic nitrogens is 1. The van der Waals surface area contributed by atoms with Crippen molar-refractivity contribution in [1.29, 1.82) is 0 Å². The molecule has 0 aromatic carbocycles. The van der Waals surface area contributed by atoms with Crippen molar-refractivity contribution in [3.8, 4) is 0 Å². The molecule has 17 heavy (non-hydrogen) atoms. The summed E-state index contributed by atoms with van der Waals surface area (Å²) in [6, 6.07) is 4.24. The molecule has 1 aromatic rings. The minimum atomic E-state index is -0.0111. The van der Waals surface area contributed by atoms with E-state index in [-0.39, 0.29) is 11.9 Å². The molecular formula is C13H17N3O. The van der Waals surface area contributed by atoms with Gasteiger partial charge in [0.1, 0.15) is 0 Å². The molecule has 1 aliphatic rings. The van der Waals surface area contributed by atoms with Gasteiger partial charge in [-0.05, 0) is 24.6 Å². The average Bonchev–Trinajstić information content (AvgIpc) is 2.87. The summed E-state index contributed by atoms with van der Waals surface area (Å²) >= 11 is 0. The number of hydrogen-bond donors (Lipinski definition) is 0. The van der Waals surface area contributed by atoms with E-state index in [2.05, 4.69) is 16.5 Å².